The zero-order valence-corrected chi connectivity index (χ0v) is 11.3. The number of hydrogen-bond donors (Lipinski definition) is 1. The van der Waals surface area contributed by atoms with Crippen LogP contribution in [0.5, 0.6) is 5.75 Å². The van der Waals surface area contributed by atoms with Crippen LogP contribution in [-0.2, 0) is 0 Å². The third-order valence-corrected chi connectivity index (χ3v) is 2.57. The highest BCUT2D eigenvalue weighted by Gasteiger charge is 2.14. The number of benzene rings is 1. The van der Waals surface area contributed by atoms with Crippen molar-refractivity contribution in [2.45, 2.75) is 13.0 Å². The predicted octanol–water partition coefficient (Wildman–Crippen LogP) is 1.80. The normalized spacial score (nSPS) is 12.2. The van der Waals surface area contributed by atoms with Crippen LogP contribution in [0.15, 0.2) is 24.3 Å². The first kappa shape index (κ1) is 14.5. The summed E-state index contributed by atoms with van der Waals surface area (Å²) in [6.45, 7) is 4.21. The lowest BCUT2D eigenvalue weighted by Gasteiger charge is -2.17. The standard InChI is InChI=1S/C14H21N3O/c1-4-18-14-8-6-5-7-12(14)13(11-15)16-9-10-17(2)3/h5-8,13,16H,4,9-10H2,1-3H3. The van der Waals surface area contributed by atoms with Crippen LogP contribution >= 0.6 is 0 Å². The molecular formula is C14H21N3O. The highest BCUT2D eigenvalue weighted by atomic mass is 16.5. The maximum absolute atomic E-state index is 9.26. The molecule has 18 heavy (non-hydrogen) atoms. The van der Waals surface area contributed by atoms with Crippen molar-refractivity contribution in [2.24, 2.45) is 0 Å². The van der Waals surface area contributed by atoms with Crippen LogP contribution in [0.25, 0.3) is 0 Å². The number of nitriles is 1. The minimum absolute atomic E-state index is 0.326. The molecule has 1 atom stereocenters. The fraction of sp³-hybridized carbons (Fsp3) is 0.500. The number of likely N-dealkylation sites (N-methyl/N-ethyl adjacent to an activating group) is 1. The maximum atomic E-state index is 9.26. The van der Waals surface area contributed by atoms with E-state index in [9.17, 15) is 5.26 Å². The second-order valence-electron chi connectivity index (χ2n) is 4.29. The van der Waals surface area contributed by atoms with Gasteiger partial charge in [0.15, 0.2) is 0 Å². The van der Waals surface area contributed by atoms with Crippen LogP contribution in [0, 0.1) is 11.3 Å². The third-order valence-electron chi connectivity index (χ3n) is 2.57. The minimum atomic E-state index is -0.326. The molecule has 1 N–H and O–H groups in total. The second-order valence-corrected chi connectivity index (χ2v) is 4.29. The van der Waals surface area contributed by atoms with Crippen molar-refractivity contribution in [2.75, 3.05) is 33.8 Å². The first-order valence-corrected chi connectivity index (χ1v) is 6.18. The van der Waals surface area contributed by atoms with Gasteiger partial charge in [-0.25, -0.2) is 0 Å². The van der Waals surface area contributed by atoms with Gasteiger partial charge in [0.25, 0.3) is 0 Å². The molecule has 0 aromatic heterocycles. The summed E-state index contributed by atoms with van der Waals surface area (Å²) in [7, 11) is 4.02. The summed E-state index contributed by atoms with van der Waals surface area (Å²) in [5.41, 5.74) is 0.903. The van der Waals surface area contributed by atoms with Gasteiger partial charge in [-0.05, 0) is 27.1 Å². The van der Waals surface area contributed by atoms with Gasteiger partial charge in [0.2, 0.25) is 0 Å². The number of nitrogens with one attached hydrogen (secondary N) is 1. The van der Waals surface area contributed by atoms with Crippen molar-refractivity contribution in [1.82, 2.24) is 10.2 Å². The number of rotatable bonds is 7. The molecule has 0 aliphatic rings. The smallest absolute Gasteiger partial charge is 0.125 e. The van der Waals surface area contributed by atoms with Crippen LogP contribution in [0.4, 0.5) is 0 Å². The Morgan fingerprint density at radius 1 is 1.39 bits per heavy atom. The van der Waals surface area contributed by atoms with Crippen molar-refractivity contribution in [1.29, 1.82) is 5.26 Å². The van der Waals surface area contributed by atoms with E-state index in [0.717, 1.165) is 24.4 Å². The van der Waals surface area contributed by atoms with Gasteiger partial charge in [-0.15, -0.1) is 0 Å². The molecular weight excluding hydrogens is 226 g/mol. The zero-order valence-electron chi connectivity index (χ0n) is 11.3. The summed E-state index contributed by atoms with van der Waals surface area (Å²) in [6, 6.07) is 9.63. The van der Waals surface area contributed by atoms with Gasteiger partial charge >= 0.3 is 0 Å². The maximum Gasteiger partial charge on any atom is 0.125 e. The summed E-state index contributed by atoms with van der Waals surface area (Å²) < 4.78 is 5.55. The molecule has 0 saturated heterocycles. The minimum Gasteiger partial charge on any atom is -0.493 e. The van der Waals surface area contributed by atoms with E-state index in [0.29, 0.717) is 6.61 Å². The molecule has 0 aliphatic heterocycles. The quantitative estimate of drug-likeness (QED) is 0.798. The average Bonchev–Trinajstić information content (AvgIpc) is 2.36. The molecule has 0 heterocycles. The molecule has 0 radical (unpaired) electrons. The van der Waals surface area contributed by atoms with Gasteiger partial charge in [0, 0.05) is 18.7 Å². The lowest BCUT2D eigenvalue weighted by molar-refractivity contribution is 0.333. The van der Waals surface area contributed by atoms with Crippen LogP contribution in [-0.4, -0.2) is 38.7 Å². The molecule has 0 spiro atoms. The van der Waals surface area contributed by atoms with Gasteiger partial charge < -0.3 is 9.64 Å². The summed E-state index contributed by atoms with van der Waals surface area (Å²) in [5, 5.41) is 12.5. The second kappa shape index (κ2) is 7.70. The first-order chi connectivity index (χ1) is 8.69. The summed E-state index contributed by atoms with van der Waals surface area (Å²) in [5.74, 6) is 0.781. The Hall–Kier alpha value is -1.57. The summed E-state index contributed by atoms with van der Waals surface area (Å²) in [4.78, 5) is 2.08. The lowest BCUT2D eigenvalue weighted by Crippen LogP contribution is -2.29. The Balaban J connectivity index is 2.72. The molecule has 0 saturated carbocycles. The molecule has 1 unspecified atom stereocenters. The van der Waals surface area contributed by atoms with E-state index >= 15 is 0 Å². The van der Waals surface area contributed by atoms with Crippen molar-refractivity contribution in [3.63, 3.8) is 0 Å². The van der Waals surface area contributed by atoms with Gasteiger partial charge in [-0.3, -0.25) is 5.32 Å². The molecule has 4 heteroatoms. The number of para-hydroxylation sites is 1. The Morgan fingerprint density at radius 3 is 2.72 bits per heavy atom. The van der Waals surface area contributed by atoms with E-state index in [1.807, 2.05) is 45.3 Å². The van der Waals surface area contributed by atoms with E-state index in [1.54, 1.807) is 0 Å². The summed E-state index contributed by atoms with van der Waals surface area (Å²) >= 11 is 0. The van der Waals surface area contributed by atoms with Crippen LogP contribution in [0.1, 0.15) is 18.5 Å². The van der Waals surface area contributed by atoms with Crippen LogP contribution in [0.2, 0.25) is 0 Å². The van der Waals surface area contributed by atoms with Crippen molar-refractivity contribution in [3.8, 4) is 11.8 Å². The van der Waals surface area contributed by atoms with Gasteiger partial charge in [0.1, 0.15) is 11.8 Å². The predicted molar refractivity (Wildman–Crippen MR) is 72.5 cm³/mol. The van der Waals surface area contributed by atoms with Gasteiger partial charge in [-0.2, -0.15) is 5.26 Å². The highest BCUT2D eigenvalue weighted by Crippen LogP contribution is 2.24. The van der Waals surface area contributed by atoms with Gasteiger partial charge in [-0.1, -0.05) is 18.2 Å². The average molecular weight is 247 g/mol. The Kier molecular flexibility index (Phi) is 6.20. The monoisotopic (exact) mass is 247 g/mol. The number of hydrogen-bond acceptors (Lipinski definition) is 4. The zero-order chi connectivity index (χ0) is 13.4. The molecule has 1 aromatic rings. The Labute approximate surface area is 109 Å². The van der Waals surface area contributed by atoms with Crippen LogP contribution < -0.4 is 10.1 Å². The molecule has 0 fully saturated rings. The number of nitrogens with zero attached hydrogens (tertiary/aromatic N) is 2. The van der Waals surface area contributed by atoms with Crippen LogP contribution in [0.3, 0.4) is 0 Å². The molecule has 0 bridgehead atoms. The SMILES string of the molecule is CCOc1ccccc1C(C#N)NCCN(C)C. The fourth-order valence-electron chi connectivity index (χ4n) is 1.66. The molecule has 4 nitrogen and oxygen atoms in total. The van der Waals surface area contributed by atoms with E-state index in [2.05, 4.69) is 16.3 Å². The molecule has 0 aliphatic carbocycles. The largest absolute Gasteiger partial charge is 0.493 e. The molecule has 0 amide bonds. The fourth-order valence-corrected chi connectivity index (χ4v) is 1.66. The van der Waals surface area contributed by atoms with E-state index < -0.39 is 0 Å². The molecule has 98 valence electrons. The number of ether oxygens (including phenoxy) is 1. The molecule has 1 rings (SSSR count). The van der Waals surface area contributed by atoms with E-state index in [-0.39, 0.29) is 6.04 Å². The topological polar surface area (TPSA) is 48.3 Å². The van der Waals surface area contributed by atoms with E-state index in [4.69, 9.17) is 4.74 Å². The lowest BCUT2D eigenvalue weighted by atomic mass is 10.1. The Morgan fingerprint density at radius 2 is 2.11 bits per heavy atom. The highest BCUT2D eigenvalue weighted by molar-refractivity contribution is 5.38. The summed E-state index contributed by atoms with van der Waals surface area (Å²) in [6.07, 6.45) is 0. The Bertz CT molecular complexity index is 398. The van der Waals surface area contributed by atoms with Crippen molar-refractivity contribution < 1.29 is 4.74 Å². The van der Waals surface area contributed by atoms with Crippen molar-refractivity contribution >= 4 is 0 Å². The third kappa shape index (κ3) is 4.36. The molecule has 1 aromatic carbocycles. The van der Waals surface area contributed by atoms with E-state index in [1.165, 1.54) is 0 Å². The van der Waals surface area contributed by atoms with Gasteiger partial charge in [0.05, 0.1) is 12.7 Å². The first-order valence-electron chi connectivity index (χ1n) is 6.18. The van der Waals surface area contributed by atoms with Crippen molar-refractivity contribution in [3.05, 3.63) is 29.8 Å².